The van der Waals surface area contributed by atoms with Gasteiger partial charge < -0.3 is 5.32 Å². The molecule has 30 heavy (non-hydrogen) atoms. The van der Waals surface area contributed by atoms with E-state index in [2.05, 4.69) is 18.3 Å². The Bertz CT molecular complexity index is 1190. The molecule has 1 unspecified atom stereocenters. The van der Waals surface area contributed by atoms with Gasteiger partial charge in [0, 0.05) is 10.4 Å². The third kappa shape index (κ3) is 3.77. The molecular formula is C24H21FN2OS2. The lowest BCUT2D eigenvalue weighted by Crippen LogP contribution is -2.14. The van der Waals surface area contributed by atoms with E-state index in [1.807, 2.05) is 18.2 Å². The molecule has 4 aromatic rings. The maximum atomic E-state index is 13.2. The molecule has 152 valence electrons. The second-order valence-electron chi connectivity index (χ2n) is 7.89. The molecule has 0 aliphatic heterocycles. The molecule has 3 nitrogen and oxygen atoms in total. The second-order valence-corrected chi connectivity index (χ2v) is 10.0. The number of anilines is 1. The van der Waals surface area contributed by atoms with Crippen molar-refractivity contribution in [1.82, 2.24) is 4.98 Å². The number of thiophene rings is 1. The van der Waals surface area contributed by atoms with Gasteiger partial charge in [0.2, 0.25) is 5.91 Å². The second kappa shape index (κ2) is 7.93. The molecule has 1 aliphatic carbocycles. The highest BCUT2D eigenvalue weighted by molar-refractivity contribution is 7.22. The molecule has 1 amide bonds. The molecule has 2 heterocycles. The lowest BCUT2D eigenvalue weighted by Gasteiger charge is -2.18. The highest BCUT2D eigenvalue weighted by Gasteiger charge is 2.27. The van der Waals surface area contributed by atoms with E-state index in [1.165, 1.54) is 22.6 Å². The zero-order valence-electron chi connectivity index (χ0n) is 16.6. The van der Waals surface area contributed by atoms with Gasteiger partial charge in [-0.1, -0.05) is 31.2 Å². The van der Waals surface area contributed by atoms with Crippen molar-refractivity contribution in [2.75, 3.05) is 5.32 Å². The van der Waals surface area contributed by atoms with E-state index in [4.69, 9.17) is 4.98 Å². The van der Waals surface area contributed by atoms with E-state index in [0.717, 1.165) is 50.6 Å². The zero-order chi connectivity index (χ0) is 20.7. The number of carbonyl (C=O) groups is 1. The Morgan fingerprint density at radius 3 is 2.77 bits per heavy atom. The normalized spacial score (nSPS) is 15.9. The van der Waals surface area contributed by atoms with Gasteiger partial charge in [-0.2, -0.15) is 0 Å². The van der Waals surface area contributed by atoms with Crippen LogP contribution in [-0.2, 0) is 24.1 Å². The maximum Gasteiger partial charge on any atom is 0.229 e. The van der Waals surface area contributed by atoms with Crippen LogP contribution >= 0.6 is 22.7 Å². The van der Waals surface area contributed by atoms with Crippen molar-refractivity contribution in [3.05, 3.63) is 70.4 Å². The summed E-state index contributed by atoms with van der Waals surface area (Å²) in [7, 11) is 0. The minimum absolute atomic E-state index is 0.0874. The van der Waals surface area contributed by atoms with Crippen LogP contribution in [0.2, 0.25) is 0 Å². The number of thiazole rings is 1. The predicted molar refractivity (Wildman–Crippen MR) is 123 cm³/mol. The molecule has 1 N–H and O–H groups in total. The molecule has 0 fully saturated rings. The highest BCUT2D eigenvalue weighted by Crippen LogP contribution is 2.47. The Kier molecular flexibility index (Phi) is 5.13. The molecule has 0 saturated heterocycles. The summed E-state index contributed by atoms with van der Waals surface area (Å²) in [6.07, 6.45) is 3.45. The first-order valence-electron chi connectivity index (χ1n) is 10.1. The molecule has 0 radical (unpaired) electrons. The third-order valence-corrected chi connectivity index (χ3v) is 7.77. The number of nitrogens with one attached hydrogen (secondary N) is 1. The first-order valence-corrected chi connectivity index (χ1v) is 11.7. The topological polar surface area (TPSA) is 42.0 Å². The van der Waals surface area contributed by atoms with Crippen molar-refractivity contribution in [3.8, 4) is 10.6 Å². The number of halogens is 1. The van der Waals surface area contributed by atoms with E-state index in [0.29, 0.717) is 5.92 Å². The van der Waals surface area contributed by atoms with Crippen molar-refractivity contribution < 1.29 is 9.18 Å². The number of carbonyl (C=O) groups excluding carboxylic acids is 1. The smallest absolute Gasteiger partial charge is 0.229 e. The molecule has 5 rings (SSSR count). The lowest BCUT2D eigenvalue weighted by atomic mass is 9.88. The predicted octanol–water partition coefficient (Wildman–Crippen LogP) is 6.47. The van der Waals surface area contributed by atoms with Gasteiger partial charge in [-0.15, -0.1) is 22.7 Å². The summed E-state index contributed by atoms with van der Waals surface area (Å²) in [5, 5.41) is 5.00. The summed E-state index contributed by atoms with van der Waals surface area (Å²) >= 11 is 3.36. The van der Waals surface area contributed by atoms with Crippen LogP contribution in [0.4, 0.5) is 9.39 Å². The lowest BCUT2D eigenvalue weighted by molar-refractivity contribution is -0.115. The number of para-hydroxylation sites is 1. The zero-order valence-corrected chi connectivity index (χ0v) is 18.2. The number of rotatable bonds is 4. The average Bonchev–Trinajstić information content (AvgIpc) is 3.29. The Balaban J connectivity index is 1.50. The molecule has 0 bridgehead atoms. The Morgan fingerprint density at radius 1 is 1.17 bits per heavy atom. The summed E-state index contributed by atoms with van der Waals surface area (Å²) in [5.41, 5.74) is 4.22. The molecule has 0 saturated carbocycles. The molecule has 2 aromatic carbocycles. The monoisotopic (exact) mass is 436 g/mol. The minimum atomic E-state index is -0.294. The SMILES string of the molecule is CC1CCc2c(sc(NC(=O)Cc3ccc(F)cc3)c2-c2nc3ccccc3s2)C1. The van der Waals surface area contributed by atoms with E-state index < -0.39 is 0 Å². The summed E-state index contributed by atoms with van der Waals surface area (Å²) in [6, 6.07) is 14.2. The summed E-state index contributed by atoms with van der Waals surface area (Å²) in [6.45, 7) is 2.28. The minimum Gasteiger partial charge on any atom is -0.317 e. The van der Waals surface area contributed by atoms with Gasteiger partial charge >= 0.3 is 0 Å². The number of fused-ring (bicyclic) bond motifs is 2. The number of aromatic nitrogens is 1. The van der Waals surface area contributed by atoms with Crippen molar-refractivity contribution in [3.63, 3.8) is 0 Å². The van der Waals surface area contributed by atoms with Crippen LogP contribution in [0.5, 0.6) is 0 Å². The molecule has 0 spiro atoms. The fourth-order valence-corrected chi connectivity index (χ4v) is 6.54. The van der Waals surface area contributed by atoms with E-state index >= 15 is 0 Å². The van der Waals surface area contributed by atoms with Crippen LogP contribution < -0.4 is 5.32 Å². The Hall–Kier alpha value is -2.57. The van der Waals surface area contributed by atoms with Gasteiger partial charge in [0.15, 0.2) is 0 Å². The largest absolute Gasteiger partial charge is 0.317 e. The van der Waals surface area contributed by atoms with Crippen LogP contribution in [0.25, 0.3) is 20.8 Å². The average molecular weight is 437 g/mol. The van der Waals surface area contributed by atoms with Gasteiger partial charge in [-0.05, 0) is 60.6 Å². The van der Waals surface area contributed by atoms with E-state index in [9.17, 15) is 9.18 Å². The van der Waals surface area contributed by atoms with Crippen LogP contribution in [0, 0.1) is 11.7 Å². The number of nitrogens with zero attached hydrogens (tertiary/aromatic N) is 1. The first kappa shape index (κ1) is 19.4. The van der Waals surface area contributed by atoms with Gasteiger partial charge in [0.1, 0.15) is 15.8 Å². The molecule has 2 aromatic heterocycles. The van der Waals surface area contributed by atoms with Crippen molar-refractivity contribution in [2.24, 2.45) is 5.92 Å². The highest BCUT2D eigenvalue weighted by atomic mass is 32.1. The fraction of sp³-hybridized carbons (Fsp3) is 0.250. The summed E-state index contributed by atoms with van der Waals surface area (Å²) in [5.74, 6) is 0.273. The van der Waals surface area contributed by atoms with Gasteiger partial charge in [0.05, 0.1) is 16.6 Å². The molecule has 1 aliphatic rings. The Morgan fingerprint density at radius 2 is 1.97 bits per heavy atom. The van der Waals surface area contributed by atoms with Crippen molar-refractivity contribution >= 4 is 43.8 Å². The number of amides is 1. The van der Waals surface area contributed by atoms with Crippen molar-refractivity contribution in [1.29, 1.82) is 0 Å². The molecule has 1 atom stereocenters. The number of hydrogen-bond acceptors (Lipinski definition) is 4. The van der Waals surface area contributed by atoms with Crippen molar-refractivity contribution in [2.45, 2.75) is 32.6 Å². The van der Waals surface area contributed by atoms with Crippen LogP contribution in [0.3, 0.4) is 0 Å². The first-order chi connectivity index (χ1) is 14.6. The van der Waals surface area contributed by atoms with Gasteiger partial charge in [0.25, 0.3) is 0 Å². The number of benzene rings is 2. The van der Waals surface area contributed by atoms with Crippen LogP contribution in [0.1, 0.15) is 29.3 Å². The maximum absolute atomic E-state index is 13.2. The van der Waals surface area contributed by atoms with Crippen LogP contribution in [-0.4, -0.2) is 10.9 Å². The molecule has 6 heteroatoms. The Labute approximate surface area is 182 Å². The third-order valence-electron chi connectivity index (χ3n) is 5.55. The van der Waals surface area contributed by atoms with Crippen LogP contribution in [0.15, 0.2) is 48.5 Å². The number of hydrogen-bond donors (Lipinski definition) is 1. The van der Waals surface area contributed by atoms with Gasteiger partial charge in [-0.25, -0.2) is 9.37 Å². The standard InChI is InChI=1S/C24H21FN2OS2/c1-14-6-11-17-20(12-14)30-24(27-21(28)13-15-7-9-16(25)10-8-15)22(17)23-26-18-4-2-3-5-19(18)29-23/h2-5,7-10,14H,6,11-13H2,1H3,(H,27,28). The fourth-order valence-electron chi connectivity index (χ4n) is 4.00. The van der Waals surface area contributed by atoms with E-state index in [1.54, 1.807) is 34.8 Å². The van der Waals surface area contributed by atoms with Gasteiger partial charge in [-0.3, -0.25) is 4.79 Å². The van der Waals surface area contributed by atoms with E-state index in [-0.39, 0.29) is 18.1 Å². The molecular weight excluding hydrogens is 415 g/mol. The summed E-state index contributed by atoms with van der Waals surface area (Å²) < 4.78 is 14.3. The summed E-state index contributed by atoms with van der Waals surface area (Å²) in [4.78, 5) is 19.0. The quantitative estimate of drug-likeness (QED) is 0.398.